The number of aromatic nitrogens is 5. The molecule has 192 valence electrons. The SMILES string of the molecule is CC(C)n1nc(-c2cnc3ccn([C@H](C)c4ccccn4)c3c2)cc1[C@H]1[C@@H]2C[C@H](N3CCOCC3)C[C@@H]21. The van der Waals surface area contributed by atoms with Crippen molar-refractivity contribution in [2.24, 2.45) is 11.8 Å². The molecule has 1 saturated heterocycles. The van der Waals surface area contributed by atoms with Crippen molar-refractivity contribution in [1.82, 2.24) is 29.2 Å². The lowest BCUT2D eigenvalue weighted by Gasteiger charge is -2.33. The van der Waals surface area contributed by atoms with Gasteiger partial charge in [-0.1, -0.05) is 6.07 Å². The summed E-state index contributed by atoms with van der Waals surface area (Å²) >= 11 is 0. The molecule has 5 atom stereocenters. The predicted molar refractivity (Wildman–Crippen MR) is 145 cm³/mol. The summed E-state index contributed by atoms with van der Waals surface area (Å²) in [6, 6.07) is 14.0. The molecule has 3 fully saturated rings. The van der Waals surface area contributed by atoms with Gasteiger partial charge in [-0.05, 0) is 75.8 Å². The molecule has 4 aromatic heterocycles. The first kappa shape index (κ1) is 23.1. The molecule has 5 heterocycles. The Morgan fingerprint density at radius 2 is 1.78 bits per heavy atom. The minimum Gasteiger partial charge on any atom is -0.379 e. The van der Waals surface area contributed by atoms with Crippen LogP contribution in [0.4, 0.5) is 0 Å². The van der Waals surface area contributed by atoms with Gasteiger partial charge in [0.1, 0.15) is 0 Å². The fourth-order valence-electron chi connectivity index (χ4n) is 6.98. The fourth-order valence-corrected chi connectivity index (χ4v) is 6.98. The van der Waals surface area contributed by atoms with Gasteiger partial charge >= 0.3 is 0 Å². The van der Waals surface area contributed by atoms with Gasteiger partial charge in [-0.15, -0.1) is 0 Å². The number of morpholine rings is 1. The summed E-state index contributed by atoms with van der Waals surface area (Å²) in [5.74, 6) is 2.24. The van der Waals surface area contributed by atoms with Crippen molar-refractivity contribution in [2.45, 2.75) is 57.7 Å². The van der Waals surface area contributed by atoms with Crippen LogP contribution in [0.25, 0.3) is 22.3 Å². The Morgan fingerprint density at radius 3 is 2.51 bits per heavy atom. The van der Waals surface area contributed by atoms with Crippen LogP contribution in [0.5, 0.6) is 0 Å². The molecule has 0 unspecified atom stereocenters. The molecule has 2 saturated carbocycles. The summed E-state index contributed by atoms with van der Waals surface area (Å²) in [4.78, 5) is 12.1. The van der Waals surface area contributed by atoms with Crippen LogP contribution in [0.3, 0.4) is 0 Å². The van der Waals surface area contributed by atoms with Gasteiger partial charge in [0.05, 0.1) is 41.7 Å². The summed E-state index contributed by atoms with van der Waals surface area (Å²) < 4.78 is 10.1. The van der Waals surface area contributed by atoms with E-state index in [4.69, 9.17) is 14.8 Å². The number of pyridine rings is 2. The van der Waals surface area contributed by atoms with E-state index in [0.717, 1.165) is 72.2 Å². The van der Waals surface area contributed by atoms with Gasteiger partial charge in [-0.3, -0.25) is 19.5 Å². The molecular formula is C30H36N6O. The quantitative estimate of drug-likeness (QED) is 0.362. The van der Waals surface area contributed by atoms with Crippen LogP contribution in [0, 0.1) is 11.8 Å². The molecule has 0 N–H and O–H groups in total. The van der Waals surface area contributed by atoms with E-state index in [-0.39, 0.29) is 6.04 Å². The van der Waals surface area contributed by atoms with Crippen LogP contribution in [-0.2, 0) is 4.74 Å². The van der Waals surface area contributed by atoms with E-state index in [1.165, 1.54) is 18.5 Å². The zero-order valence-corrected chi connectivity index (χ0v) is 22.0. The Hall–Kier alpha value is -3.03. The molecule has 1 aliphatic heterocycles. The van der Waals surface area contributed by atoms with Crippen LogP contribution in [-0.4, -0.2) is 61.6 Å². The first-order valence-electron chi connectivity index (χ1n) is 13.9. The highest BCUT2D eigenvalue weighted by Gasteiger charge is 2.58. The van der Waals surface area contributed by atoms with Gasteiger partial charge in [0.15, 0.2) is 0 Å². The molecule has 7 nitrogen and oxygen atoms in total. The summed E-state index contributed by atoms with van der Waals surface area (Å²) in [7, 11) is 0. The fraction of sp³-hybridized carbons (Fsp3) is 0.500. The Balaban J connectivity index is 1.17. The number of ether oxygens (including phenoxy) is 1. The van der Waals surface area contributed by atoms with E-state index < -0.39 is 0 Å². The normalized spacial score (nSPS) is 26.6. The highest BCUT2D eigenvalue weighted by molar-refractivity contribution is 5.81. The van der Waals surface area contributed by atoms with Gasteiger partial charge in [-0.2, -0.15) is 5.10 Å². The molecule has 3 aliphatic rings. The Kier molecular flexibility index (Phi) is 5.66. The molecule has 0 radical (unpaired) electrons. The third-order valence-electron chi connectivity index (χ3n) is 8.97. The number of rotatable bonds is 6. The van der Waals surface area contributed by atoms with Crippen molar-refractivity contribution in [2.75, 3.05) is 26.3 Å². The van der Waals surface area contributed by atoms with E-state index in [2.05, 4.69) is 70.4 Å². The molecule has 0 aromatic carbocycles. The minimum atomic E-state index is 0.129. The van der Waals surface area contributed by atoms with Crippen molar-refractivity contribution in [3.05, 3.63) is 66.4 Å². The third-order valence-corrected chi connectivity index (χ3v) is 8.97. The van der Waals surface area contributed by atoms with Crippen LogP contribution < -0.4 is 0 Å². The van der Waals surface area contributed by atoms with Gasteiger partial charge in [0.25, 0.3) is 0 Å². The lowest BCUT2D eigenvalue weighted by molar-refractivity contribution is 0.0151. The van der Waals surface area contributed by atoms with Gasteiger partial charge in [-0.25, -0.2) is 0 Å². The average molecular weight is 497 g/mol. The van der Waals surface area contributed by atoms with Crippen LogP contribution in [0.2, 0.25) is 0 Å². The van der Waals surface area contributed by atoms with E-state index in [1.807, 2.05) is 24.5 Å². The van der Waals surface area contributed by atoms with Crippen molar-refractivity contribution < 1.29 is 4.74 Å². The highest BCUT2D eigenvalue weighted by atomic mass is 16.5. The molecule has 2 aliphatic carbocycles. The standard InChI is InChI=1S/C30H36N6O/c1-19(2)36-29(30-23-15-22(16-24(23)30)34-10-12-37-13-11-34)17-27(33-36)21-14-28-26(32-18-21)7-9-35(28)20(3)25-6-4-5-8-31-25/h4-9,14,17-20,22-24,30H,10-13,15-16H2,1-3H3/t20-,22-,23+,24-,30-/m1/s1. The minimum absolute atomic E-state index is 0.129. The van der Waals surface area contributed by atoms with Crippen molar-refractivity contribution >= 4 is 11.0 Å². The molecule has 7 heteroatoms. The summed E-state index contributed by atoms with van der Waals surface area (Å²) in [6.07, 6.45) is 8.60. The second kappa shape index (κ2) is 9.07. The number of hydrogen-bond donors (Lipinski definition) is 0. The molecular weight excluding hydrogens is 460 g/mol. The largest absolute Gasteiger partial charge is 0.379 e. The summed E-state index contributed by atoms with van der Waals surface area (Å²) in [5.41, 5.74) is 6.70. The molecule has 0 spiro atoms. The number of hydrogen-bond acceptors (Lipinski definition) is 5. The first-order chi connectivity index (χ1) is 18.1. The zero-order chi connectivity index (χ0) is 25.1. The molecule has 4 aromatic rings. The Bertz CT molecular complexity index is 1390. The second-order valence-electron chi connectivity index (χ2n) is 11.4. The van der Waals surface area contributed by atoms with Gasteiger partial charge < -0.3 is 9.30 Å². The Morgan fingerprint density at radius 1 is 0.973 bits per heavy atom. The van der Waals surface area contributed by atoms with Crippen molar-refractivity contribution in [3.63, 3.8) is 0 Å². The number of fused-ring (bicyclic) bond motifs is 2. The van der Waals surface area contributed by atoms with E-state index in [0.29, 0.717) is 12.0 Å². The topological polar surface area (TPSA) is 61.0 Å². The Labute approximate surface area is 218 Å². The van der Waals surface area contributed by atoms with Crippen LogP contribution >= 0.6 is 0 Å². The van der Waals surface area contributed by atoms with Crippen molar-refractivity contribution in [1.29, 1.82) is 0 Å². The maximum Gasteiger partial charge on any atom is 0.0942 e. The van der Waals surface area contributed by atoms with Crippen molar-refractivity contribution in [3.8, 4) is 11.3 Å². The second-order valence-corrected chi connectivity index (χ2v) is 11.4. The van der Waals surface area contributed by atoms with E-state index in [1.54, 1.807) is 0 Å². The molecule has 37 heavy (non-hydrogen) atoms. The molecule has 0 bridgehead atoms. The summed E-state index contributed by atoms with van der Waals surface area (Å²) in [6.45, 7) is 10.7. The van der Waals surface area contributed by atoms with Crippen LogP contribution in [0.15, 0.2) is 55.0 Å². The summed E-state index contributed by atoms with van der Waals surface area (Å²) in [5, 5.41) is 5.13. The smallest absolute Gasteiger partial charge is 0.0942 e. The van der Waals surface area contributed by atoms with E-state index in [9.17, 15) is 0 Å². The molecule has 0 amide bonds. The maximum atomic E-state index is 5.58. The monoisotopic (exact) mass is 496 g/mol. The van der Waals surface area contributed by atoms with Crippen LogP contribution in [0.1, 0.15) is 63.0 Å². The van der Waals surface area contributed by atoms with Gasteiger partial charge in [0, 0.05) is 60.9 Å². The lowest BCUT2D eigenvalue weighted by atomic mass is 10.0. The third kappa shape index (κ3) is 3.99. The first-order valence-corrected chi connectivity index (χ1v) is 13.9. The lowest BCUT2D eigenvalue weighted by Crippen LogP contribution is -2.43. The average Bonchev–Trinajstić information content (AvgIpc) is 3.36. The number of nitrogens with zero attached hydrogens (tertiary/aromatic N) is 6. The zero-order valence-electron chi connectivity index (χ0n) is 22.0. The predicted octanol–water partition coefficient (Wildman–Crippen LogP) is 5.31. The maximum absolute atomic E-state index is 5.58. The molecule has 7 rings (SSSR count). The van der Waals surface area contributed by atoms with Gasteiger partial charge in [0.2, 0.25) is 0 Å². The highest BCUT2D eigenvalue weighted by Crippen LogP contribution is 2.64. The van der Waals surface area contributed by atoms with E-state index >= 15 is 0 Å².